The number of hydrogen-bond acceptors (Lipinski definition) is 5. The fourth-order valence-electron chi connectivity index (χ4n) is 3.94. The van der Waals surface area contributed by atoms with E-state index in [9.17, 15) is 22.8 Å². The van der Waals surface area contributed by atoms with Gasteiger partial charge in [-0.1, -0.05) is 0 Å². The highest BCUT2D eigenvalue weighted by Crippen LogP contribution is 2.39. The summed E-state index contributed by atoms with van der Waals surface area (Å²) in [5.41, 5.74) is 1.65. The van der Waals surface area contributed by atoms with Gasteiger partial charge in [0, 0.05) is 47.8 Å². The highest BCUT2D eigenvalue weighted by Gasteiger charge is 2.34. The van der Waals surface area contributed by atoms with Gasteiger partial charge < -0.3 is 10.3 Å². The van der Waals surface area contributed by atoms with E-state index >= 15 is 0 Å². The third-order valence-electron chi connectivity index (χ3n) is 5.32. The minimum absolute atomic E-state index is 0.247. The number of nitrogens with one attached hydrogen (secondary N) is 2. The van der Waals surface area contributed by atoms with Crippen LogP contribution in [0.2, 0.25) is 0 Å². The average Bonchev–Trinajstić information content (AvgIpc) is 3.44. The van der Waals surface area contributed by atoms with E-state index in [-0.39, 0.29) is 11.3 Å². The number of hydrogen-bond donors (Lipinski definition) is 2. The van der Waals surface area contributed by atoms with Crippen LogP contribution in [0.4, 0.5) is 23.2 Å². The number of pyridine rings is 2. The van der Waals surface area contributed by atoms with Crippen molar-refractivity contribution in [3.05, 3.63) is 66.1 Å². The van der Waals surface area contributed by atoms with E-state index in [4.69, 9.17) is 0 Å². The maximum atomic E-state index is 14.6. The van der Waals surface area contributed by atoms with E-state index in [1.54, 1.807) is 6.07 Å². The molecule has 0 fully saturated rings. The van der Waals surface area contributed by atoms with Crippen LogP contribution in [0.1, 0.15) is 18.2 Å². The van der Waals surface area contributed by atoms with Gasteiger partial charge in [-0.15, -0.1) is 0 Å². The molecule has 1 aromatic carbocycles. The van der Waals surface area contributed by atoms with Gasteiger partial charge in [-0.05, 0) is 31.2 Å². The normalized spacial score (nSPS) is 11.8. The highest BCUT2D eigenvalue weighted by atomic mass is 19.4. The Morgan fingerprint density at radius 1 is 1.18 bits per heavy atom. The van der Waals surface area contributed by atoms with E-state index in [1.807, 2.05) is 13.0 Å². The van der Waals surface area contributed by atoms with Crippen LogP contribution in [-0.2, 0) is 6.18 Å². The number of fused-ring (bicyclic) bond motifs is 3. The van der Waals surface area contributed by atoms with Gasteiger partial charge in [0.05, 0.1) is 27.8 Å². The Hall–Kier alpha value is -4.46. The number of aromatic amines is 1. The Balaban J connectivity index is 1.90. The van der Waals surface area contributed by atoms with Gasteiger partial charge in [-0.3, -0.25) is 4.98 Å². The molecule has 4 heterocycles. The van der Waals surface area contributed by atoms with Crippen molar-refractivity contribution in [1.29, 1.82) is 5.26 Å². The lowest BCUT2D eigenvalue weighted by molar-refractivity contribution is -0.141. The molecule has 0 radical (unpaired) electrons. The number of alkyl halides is 3. The van der Waals surface area contributed by atoms with Gasteiger partial charge in [0.15, 0.2) is 5.69 Å². The van der Waals surface area contributed by atoms with Crippen molar-refractivity contribution in [3.8, 4) is 22.9 Å². The van der Waals surface area contributed by atoms with Crippen molar-refractivity contribution in [1.82, 2.24) is 24.7 Å². The van der Waals surface area contributed by atoms with Gasteiger partial charge in [0.2, 0.25) is 0 Å². The van der Waals surface area contributed by atoms with Gasteiger partial charge in [-0.2, -0.15) is 23.5 Å². The predicted octanol–water partition coefficient (Wildman–Crippen LogP) is 5.43. The van der Waals surface area contributed by atoms with Crippen LogP contribution < -0.4 is 5.32 Å². The zero-order chi connectivity index (χ0) is 24.0. The molecule has 0 amide bonds. The van der Waals surface area contributed by atoms with Crippen LogP contribution in [0.25, 0.3) is 38.8 Å². The summed E-state index contributed by atoms with van der Waals surface area (Å²) in [5, 5.41) is 16.9. The van der Waals surface area contributed by atoms with Gasteiger partial charge >= 0.3 is 6.18 Å². The predicted molar refractivity (Wildman–Crippen MR) is 118 cm³/mol. The van der Waals surface area contributed by atoms with Crippen LogP contribution in [0.5, 0.6) is 0 Å². The lowest BCUT2D eigenvalue weighted by atomic mass is 10.0. The number of nitriles is 1. The molecule has 7 nitrogen and oxygen atoms in total. The molecule has 2 N–H and O–H groups in total. The Kier molecular flexibility index (Phi) is 4.93. The number of H-pyrrole nitrogens is 1. The van der Waals surface area contributed by atoms with E-state index in [2.05, 4.69) is 25.4 Å². The fourth-order valence-corrected chi connectivity index (χ4v) is 3.94. The molecule has 5 rings (SSSR count). The van der Waals surface area contributed by atoms with E-state index in [0.717, 1.165) is 10.7 Å². The number of anilines is 1. The van der Waals surface area contributed by atoms with Crippen molar-refractivity contribution in [3.63, 3.8) is 0 Å². The Morgan fingerprint density at radius 3 is 2.71 bits per heavy atom. The van der Waals surface area contributed by atoms with E-state index in [0.29, 0.717) is 45.3 Å². The standard InChI is InChI=1S/C23H15F4N7/c1-2-30-17-7-14(24)6-15-19-21(34-4-3-18(33-34)23(25,26)27)16(11-31-22(19)32-20(15)17)13-5-12(8-28)9-29-10-13/h3-7,9-11,30H,2H2,1H3,(H,31,32). The number of benzene rings is 1. The summed E-state index contributed by atoms with van der Waals surface area (Å²) >= 11 is 0. The Bertz CT molecular complexity index is 1590. The first-order valence-corrected chi connectivity index (χ1v) is 10.2. The minimum atomic E-state index is -4.65. The second-order valence-corrected chi connectivity index (χ2v) is 7.49. The third-order valence-corrected chi connectivity index (χ3v) is 5.32. The molecule has 0 atom stereocenters. The molecule has 0 bridgehead atoms. The number of halogens is 4. The summed E-state index contributed by atoms with van der Waals surface area (Å²) in [6.07, 6.45) is 0.842. The van der Waals surface area contributed by atoms with Crippen LogP contribution in [0.15, 0.2) is 49.1 Å². The number of aromatic nitrogens is 5. The molecule has 0 aliphatic carbocycles. The first-order chi connectivity index (χ1) is 16.3. The van der Waals surface area contributed by atoms with Crippen LogP contribution in [-0.4, -0.2) is 31.3 Å². The molecule has 0 aliphatic rings. The number of rotatable bonds is 4. The molecule has 34 heavy (non-hydrogen) atoms. The minimum Gasteiger partial charge on any atom is -0.384 e. The zero-order valence-electron chi connectivity index (χ0n) is 17.6. The SMILES string of the molecule is CCNc1cc(F)cc2c1[nH]c1ncc(-c3cncc(C#N)c3)c(-n3ccc(C(F)(F)F)n3)c12. The molecule has 0 unspecified atom stereocenters. The summed E-state index contributed by atoms with van der Waals surface area (Å²) < 4.78 is 55.7. The summed E-state index contributed by atoms with van der Waals surface area (Å²) in [4.78, 5) is 11.6. The fraction of sp³-hybridized carbons (Fsp3) is 0.130. The molecule has 11 heteroatoms. The van der Waals surface area contributed by atoms with Crippen molar-refractivity contribution in [2.24, 2.45) is 0 Å². The molecule has 170 valence electrons. The lowest BCUT2D eigenvalue weighted by Crippen LogP contribution is -2.08. The number of nitrogens with zero attached hydrogens (tertiary/aromatic N) is 5. The summed E-state index contributed by atoms with van der Waals surface area (Å²) in [7, 11) is 0. The molecule has 4 aromatic heterocycles. The first kappa shape index (κ1) is 21.4. The molecule has 5 aromatic rings. The first-order valence-electron chi connectivity index (χ1n) is 10.2. The molecular formula is C23H15F4N7. The zero-order valence-corrected chi connectivity index (χ0v) is 17.6. The largest absolute Gasteiger partial charge is 0.435 e. The molecule has 0 spiro atoms. The second-order valence-electron chi connectivity index (χ2n) is 7.49. The van der Waals surface area contributed by atoms with Crippen LogP contribution in [0, 0.1) is 17.1 Å². The van der Waals surface area contributed by atoms with Crippen molar-refractivity contribution >= 4 is 27.6 Å². The molecule has 0 saturated carbocycles. The Morgan fingerprint density at radius 2 is 2.00 bits per heavy atom. The summed E-state index contributed by atoms with van der Waals surface area (Å²) in [6, 6.07) is 7.03. The summed E-state index contributed by atoms with van der Waals surface area (Å²) in [6.45, 7) is 2.39. The summed E-state index contributed by atoms with van der Waals surface area (Å²) in [5.74, 6) is -0.523. The third kappa shape index (κ3) is 3.49. The lowest BCUT2D eigenvalue weighted by Gasteiger charge is -2.12. The monoisotopic (exact) mass is 465 g/mol. The van der Waals surface area contributed by atoms with Gasteiger partial charge in [-0.25, -0.2) is 14.1 Å². The van der Waals surface area contributed by atoms with Crippen molar-refractivity contribution in [2.75, 3.05) is 11.9 Å². The molecular weight excluding hydrogens is 450 g/mol. The molecule has 0 aliphatic heterocycles. The van der Waals surface area contributed by atoms with Crippen molar-refractivity contribution < 1.29 is 17.6 Å². The Labute approximate surface area is 189 Å². The van der Waals surface area contributed by atoms with E-state index in [1.165, 1.54) is 36.9 Å². The molecule has 0 saturated heterocycles. The van der Waals surface area contributed by atoms with Crippen LogP contribution >= 0.6 is 0 Å². The topological polar surface area (TPSA) is 95.2 Å². The highest BCUT2D eigenvalue weighted by molar-refractivity contribution is 6.15. The van der Waals surface area contributed by atoms with E-state index < -0.39 is 17.7 Å². The second kappa shape index (κ2) is 7.84. The maximum absolute atomic E-state index is 14.6. The van der Waals surface area contributed by atoms with Crippen molar-refractivity contribution in [2.45, 2.75) is 13.1 Å². The smallest absolute Gasteiger partial charge is 0.384 e. The van der Waals surface area contributed by atoms with Gasteiger partial charge in [0.1, 0.15) is 17.5 Å². The van der Waals surface area contributed by atoms with Gasteiger partial charge in [0.25, 0.3) is 0 Å². The quantitative estimate of drug-likeness (QED) is 0.346. The van der Waals surface area contributed by atoms with Crippen LogP contribution in [0.3, 0.4) is 0 Å². The average molecular weight is 465 g/mol. The maximum Gasteiger partial charge on any atom is 0.435 e.